The molecule has 1 saturated heterocycles. The van der Waals surface area contributed by atoms with Crippen LogP contribution in [0.15, 0.2) is 237 Å². The van der Waals surface area contributed by atoms with E-state index in [4.69, 9.17) is 24.9 Å². The highest BCUT2D eigenvalue weighted by Crippen LogP contribution is 2.37. The predicted octanol–water partition coefficient (Wildman–Crippen LogP) is 13.6. The van der Waals surface area contributed by atoms with Crippen molar-refractivity contribution in [3.63, 3.8) is 0 Å². The molecule has 1 aliphatic rings. The van der Waals surface area contributed by atoms with Crippen LogP contribution < -0.4 is 38.5 Å². The van der Waals surface area contributed by atoms with Gasteiger partial charge >= 0.3 is 19.2 Å². The average molecular weight is 1700 g/mol. The third-order valence-electron chi connectivity index (χ3n) is 17.6. The van der Waals surface area contributed by atoms with Gasteiger partial charge in [0.2, 0.25) is 0 Å². The zero-order valence-electron chi connectivity index (χ0n) is 62.7. The molecule has 0 radical (unpaired) electrons. The molecule has 24 nitrogen and oxygen atoms in total. The second-order valence-electron chi connectivity index (χ2n) is 27.6. The summed E-state index contributed by atoms with van der Waals surface area (Å²) in [6, 6.07) is 42.6. The molecule has 0 aliphatic carbocycles. The molecule has 11 heterocycles. The molecule has 115 heavy (non-hydrogen) atoms. The first-order valence-corrected chi connectivity index (χ1v) is 36.8. The molecule has 3 aromatic carbocycles. The minimum Gasteiger partial charge on any atom is -0.477 e. The topological polar surface area (TPSA) is 317 Å². The minimum atomic E-state index is -1.33. The lowest BCUT2D eigenvalue weighted by Crippen LogP contribution is -2.41. The lowest BCUT2D eigenvalue weighted by atomic mass is 9.79. The summed E-state index contributed by atoms with van der Waals surface area (Å²) in [6.45, 7) is 14.3. The largest absolute Gasteiger partial charge is 0.497 e. The Kier molecular flexibility index (Phi) is 27.8. The maximum Gasteiger partial charge on any atom is 0.497 e. The number of halogens is 8. The van der Waals surface area contributed by atoms with Crippen LogP contribution in [0.1, 0.15) is 113 Å². The summed E-state index contributed by atoms with van der Waals surface area (Å²) < 4.78 is 103. The Morgan fingerprint density at radius 1 is 0.548 bits per heavy atom. The molecule has 14 rings (SSSR count). The van der Waals surface area contributed by atoms with Crippen LogP contribution in [0.3, 0.4) is 0 Å². The number of H-pyrrole nitrogens is 1. The summed E-state index contributed by atoms with van der Waals surface area (Å²) >= 11 is 6.49. The van der Waals surface area contributed by atoms with Crippen LogP contribution in [0.4, 0.5) is 31.1 Å². The summed E-state index contributed by atoms with van der Waals surface area (Å²) in [5.41, 5.74) is 8.60. The van der Waals surface area contributed by atoms with Gasteiger partial charge in [0.15, 0.2) is 34.9 Å². The van der Waals surface area contributed by atoms with Crippen molar-refractivity contribution in [2.75, 3.05) is 0 Å². The number of ether oxygens (including phenoxy) is 1. The number of amides is 2. The summed E-state index contributed by atoms with van der Waals surface area (Å²) in [6.07, 6.45) is 10.8. The van der Waals surface area contributed by atoms with Crippen LogP contribution in [0.5, 0.6) is 0 Å². The molecule has 6 N–H and O–H groups in total. The predicted molar refractivity (Wildman–Crippen MR) is 426 cm³/mol. The Bertz CT molecular complexity index is 5920. The second-order valence-corrected chi connectivity index (χ2v) is 29.2. The highest BCUT2D eigenvalue weighted by Gasteiger charge is 2.52. The number of aromatic nitrogens is 10. The number of nitrogens with two attached hydrogens (primary N) is 1. The highest BCUT2D eigenvalue weighted by atomic mass is 79.9. The summed E-state index contributed by atoms with van der Waals surface area (Å²) in [4.78, 5) is 110. The number of aromatic carboxylic acids is 1. The first-order chi connectivity index (χ1) is 54.7. The molecule has 10 aromatic heterocycles. The highest BCUT2D eigenvalue weighted by molar-refractivity contribution is 9.10. The number of nitrogens with one attached hydrogen (secondary N) is 3. The van der Waals surface area contributed by atoms with Gasteiger partial charge in [-0.25, -0.2) is 60.4 Å². The number of carboxylic acid groups (broad SMARTS) is 1. The Balaban J connectivity index is 0.000000159. The lowest BCUT2D eigenvalue weighted by Gasteiger charge is -2.32. The summed E-state index contributed by atoms with van der Waals surface area (Å²) in [5.74, 6) is -8.33. The number of aromatic amines is 1. The van der Waals surface area contributed by atoms with E-state index in [2.05, 4.69) is 72.4 Å². The number of carbonyl (C=O) groups is 4. The Hall–Kier alpha value is -12.3. The second kappa shape index (κ2) is 37.6. The molecule has 33 heteroatoms. The van der Waals surface area contributed by atoms with Gasteiger partial charge < -0.3 is 54.2 Å². The summed E-state index contributed by atoms with van der Waals surface area (Å²) in [7, 11) is -0.569. The number of nitrogens with zero attached hydrogens (tertiary/aromatic N) is 9. The van der Waals surface area contributed by atoms with E-state index in [0.717, 1.165) is 84.4 Å². The molecule has 1 aliphatic heterocycles. The van der Waals surface area contributed by atoms with Gasteiger partial charge in [0.05, 0.1) is 66.7 Å². The number of fused-ring (bicyclic) bond motifs is 2. The Labute approximate surface area is 670 Å². The fraction of sp³-hybridized carbons (Fsp3) is 0.195. The molecule has 0 spiro atoms. The van der Waals surface area contributed by atoms with Crippen LogP contribution in [-0.4, -0.2) is 101 Å². The zero-order valence-corrected chi connectivity index (χ0v) is 65.9. The van der Waals surface area contributed by atoms with Gasteiger partial charge in [0.25, 0.3) is 28.5 Å². The lowest BCUT2D eigenvalue weighted by molar-refractivity contribution is 0.00578. The fourth-order valence-corrected chi connectivity index (χ4v) is 12.0. The van der Waals surface area contributed by atoms with Crippen molar-refractivity contribution in [2.24, 2.45) is 5.73 Å². The van der Waals surface area contributed by atoms with E-state index in [0.29, 0.717) is 44.9 Å². The molecule has 2 amide bonds. The van der Waals surface area contributed by atoms with Gasteiger partial charge in [-0.2, -0.15) is 0 Å². The summed E-state index contributed by atoms with van der Waals surface area (Å²) in [5, 5.41) is 15.9. The van der Waals surface area contributed by atoms with Crippen LogP contribution in [0, 0.1) is 34.9 Å². The van der Waals surface area contributed by atoms with E-state index >= 15 is 0 Å². The molecule has 0 unspecified atom stereocenters. The normalized spacial score (nSPS) is 12.5. The van der Waals surface area contributed by atoms with Gasteiger partial charge in [0, 0.05) is 71.7 Å². The molecule has 0 saturated carbocycles. The van der Waals surface area contributed by atoms with Gasteiger partial charge in [-0.3, -0.25) is 29.0 Å². The number of hydrogen-bond acceptors (Lipinski definition) is 16. The van der Waals surface area contributed by atoms with Crippen molar-refractivity contribution in [3.8, 4) is 11.3 Å². The molecule has 592 valence electrons. The van der Waals surface area contributed by atoms with Crippen LogP contribution in [0.25, 0.3) is 33.3 Å². The van der Waals surface area contributed by atoms with Gasteiger partial charge in [-0.05, 0) is 224 Å². The van der Waals surface area contributed by atoms with E-state index < -0.39 is 99.4 Å². The number of hydrogen-bond donors (Lipinski definition) is 5. The molecule has 0 bridgehead atoms. The van der Waals surface area contributed by atoms with Crippen LogP contribution >= 0.6 is 31.9 Å². The monoisotopic (exact) mass is 1700 g/mol. The smallest absolute Gasteiger partial charge is 0.477 e. The maximum absolute atomic E-state index is 13.5. The first kappa shape index (κ1) is 85.1. The molecule has 0 atom stereocenters. The maximum atomic E-state index is 13.5. The number of benzene rings is 3. The van der Waals surface area contributed by atoms with E-state index in [-0.39, 0.29) is 49.4 Å². The van der Waals surface area contributed by atoms with E-state index in [1.165, 1.54) is 74.8 Å². The average Bonchev–Trinajstić information content (AvgIpc) is 1.59. The van der Waals surface area contributed by atoms with E-state index in [9.17, 15) is 59.9 Å². The zero-order chi connectivity index (χ0) is 83.1. The molecular formula is C82H74BBr2F6N13O11. The van der Waals surface area contributed by atoms with Gasteiger partial charge in [-0.15, -0.1) is 0 Å². The van der Waals surface area contributed by atoms with Crippen molar-refractivity contribution >= 4 is 90.4 Å². The molecule has 1 fully saturated rings. The van der Waals surface area contributed by atoms with Crippen molar-refractivity contribution in [1.82, 2.24) is 58.8 Å². The number of rotatable bonds is 16. The Morgan fingerprint density at radius 2 is 0.983 bits per heavy atom. The first-order valence-electron chi connectivity index (χ1n) is 35.2. The van der Waals surface area contributed by atoms with Crippen molar-refractivity contribution in [2.45, 2.75) is 105 Å². The van der Waals surface area contributed by atoms with Crippen molar-refractivity contribution in [3.05, 3.63) is 339 Å². The number of pyridine rings is 8. The molecule has 13 aromatic rings. The standard InChI is InChI=1S/C26H19F2N5O2.C19H14BrF2N3O2.C18H25BN2O4.C13H9F2NO3.C6H7BrN2/c27-21-9-8-16(12-22(21)28)15-33-11-3-6-19(26(33)35)25(34)31-13-17-4-1-7-23(32-17)20-14-30-24-18(20)5-2-10-29-24;20-17-5-1-3-13(24-17)10-23-18(26)14-4-2-8-25(19(14)27)11-12-6-7-15(21)16(22)9-12;1-16(2,3)23-15(22)21-11-13(12-9-8-10-20-14(12)21)19-24-17(4,5)18(6,7)25-19;14-10-4-3-8(6-11(10)15)7-16-5-1-2-9(12(16)17)13(18)19;7-6-3-1-2-5(4-8)9-6/h1-12,14H,13,15H2,(H,29,30)(H,31,34);1-9H,10-11H2,(H,23,26);8-11H,1-7H3;1-6H,7H2,(H,18,19);1-3H,4,8H2. The number of carboxylic acids is 1. The quantitative estimate of drug-likeness (QED) is 0.0341. The van der Waals surface area contributed by atoms with E-state index in [1.54, 1.807) is 55.0 Å². The van der Waals surface area contributed by atoms with Crippen molar-refractivity contribution < 1.29 is 64.7 Å². The fourth-order valence-electron chi connectivity index (χ4n) is 11.2. The van der Waals surface area contributed by atoms with Crippen LogP contribution in [0.2, 0.25) is 0 Å². The Morgan fingerprint density at radius 3 is 1.43 bits per heavy atom. The van der Waals surface area contributed by atoms with Gasteiger partial charge in [-0.1, -0.05) is 42.5 Å². The van der Waals surface area contributed by atoms with Crippen molar-refractivity contribution in [1.29, 1.82) is 0 Å². The number of carbonyl (C=O) groups excluding carboxylic acids is 3. The minimum absolute atomic E-state index is 0.000231. The SMILES string of the molecule is CC(C)(C)OC(=O)n1cc(B2OC(C)(C)C(C)(C)O2)c2cccnc21.NCc1cccc(Br)n1.O=C(NCc1cccc(-c2c[nH]c3ncccc23)n1)c1cccn(Cc2ccc(F)c(F)c2)c1=O.O=C(NCc1cccc(Br)n1)c1cccn(Cc2ccc(F)c(F)c2)c1=O.O=C(O)c1cccn(Cc2ccc(F)c(F)c2)c1=O. The van der Waals surface area contributed by atoms with E-state index in [1.807, 2.05) is 109 Å². The van der Waals surface area contributed by atoms with Gasteiger partial charge in [0.1, 0.15) is 42.8 Å². The third-order valence-corrected chi connectivity index (χ3v) is 18.5. The van der Waals surface area contributed by atoms with Crippen LogP contribution in [-0.2, 0) is 53.3 Å². The molecular weight excluding hydrogens is 1630 g/mol. The third kappa shape index (κ3) is 22.1.